The van der Waals surface area contributed by atoms with Crippen molar-refractivity contribution in [3.05, 3.63) is 102 Å². The molecule has 8 heteroatoms. The van der Waals surface area contributed by atoms with Crippen molar-refractivity contribution in [3.63, 3.8) is 0 Å². The van der Waals surface area contributed by atoms with E-state index in [1.165, 1.54) is 0 Å². The Morgan fingerprint density at radius 3 is 2.29 bits per heavy atom. The smallest absolute Gasteiger partial charge is 0.251 e. The van der Waals surface area contributed by atoms with Gasteiger partial charge in [-0.05, 0) is 93.3 Å². The summed E-state index contributed by atoms with van der Waals surface area (Å²) in [5.74, 6) is 0.605. The molecule has 0 aliphatic heterocycles. The minimum absolute atomic E-state index is 0.158. The van der Waals surface area contributed by atoms with Crippen LogP contribution in [-0.4, -0.2) is 63.9 Å². The fourth-order valence-electron chi connectivity index (χ4n) is 5.94. The molecule has 0 spiro atoms. The van der Waals surface area contributed by atoms with Gasteiger partial charge in [-0.3, -0.25) is 14.5 Å². The fourth-order valence-corrected chi connectivity index (χ4v) is 5.94. The Hall–Kier alpha value is -4.01. The molecule has 3 aromatic carbocycles. The van der Waals surface area contributed by atoms with Gasteiger partial charge in [0.25, 0.3) is 5.91 Å². The molecule has 45 heavy (non-hydrogen) atoms. The van der Waals surface area contributed by atoms with Crippen molar-refractivity contribution in [1.82, 2.24) is 30.0 Å². The Balaban J connectivity index is 1.42. The molecule has 0 aliphatic carbocycles. The number of nitrogens with zero attached hydrogens (tertiary/aromatic N) is 4. The highest BCUT2D eigenvalue weighted by Gasteiger charge is 2.24. The number of carbonyl (C=O) groups excluding carboxylic acids is 2. The number of amides is 2. The first-order valence-electron chi connectivity index (χ1n) is 16.3. The van der Waals surface area contributed by atoms with Gasteiger partial charge >= 0.3 is 0 Å². The minimum atomic E-state index is -0.636. The molecule has 0 aliphatic rings. The molecule has 0 saturated carbocycles. The number of nitrogens with one attached hydrogen (secondary N) is 2. The van der Waals surface area contributed by atoms with Gasteiger partial charge in [0, 0.05) is 31.5 Å². The van der Waals surface area contributed by atoms with Gasteiger partial charge < -0.3 is 20.1 Å². The van der Waals surface area contributed by atoms with E-state index >= 15 is 0 Å². The summed E-state index contributed by atoms with van der Waals surface area (Å²) in [5, 5.41) is 8.53. The molecule has 4 rings (SSSR count). The molecule has 8 nitrogen and oxygen atoms in total. The number of aryl methyl sites for hydroxylation is 1. The van der Waals surface area contributed by atoms with E-state index in [2.05, 4.69) is 70.6 Å². The highest BCUT2D eigenvalue weighted by atomic mass is 16.2. The van der Waals surface area contributed by atoms with Crippen LogP contribution in [0.25, 0.3) is 10.8 Å². The van der Waals surface area contributed by atoms with Crippen LogP contribution in [0.3, 0.4) is 0 Å². The lowest BCUT2D eigenvalue weighted by Crippen LogP contribution is -2.47. The Morgan fingerprint density at radius 1 is 0.889 bits per heavy atom. The zero-order valence-corrected chi connectivity index (χ0v) is 27.6. The summed E-state index contributed by atoms with van der Waals surface area (Å²) in [6, 6.07) is 21.2. The van der Waals surface area contributed by atoms with Crippen molar-refractivity contribution in [1.29, 1.82) is 0 Å². The van der Waals surface area contributed by atoms with E-state index in [-0.39, 0.29) is 17.9 Å². The van der Waals surface area contributed by atoms with Crippen molar-refractivity contribution in [2.24, 2.45) is 7.05 Å². The van der Waals surface area contributed by atoms with Gasteiger partial charge in [-0.2, -0.15) is 0 Å². The third-order valence-electron chi connectivity index (χ3n) is 8.32. The van der Waals surface area contributed by atoms with E-state index in [1.54, 1.807) is 6.20 Å². The van der Waals surface area contributed by atoms with Gasteiger partial charge in [0.2, 0.25) is 5.91 Å². The van der Waals surface area contributed by atoms with Gasteiger partial charge in [0.15, 0.2) is 0 Å². The maximum atomic E-state index is 13.7. The summed E-state index contributed by atoms with van der Waals surface area (Å²) < 4.78 is 2.02. The first kappa shape index (κ1) is 33.9. The number of fused-ring (bicyclic) bond motifs is 1. The molecule has 0 bridgehead atoms. The van der Waals surface area contributed by atoms with E-state index in [1.807, 2.05) is 67.2 Å². The summed E-state index contributed by atoms with van der Waals surface area (Å²) in [6.45, 7) is 10.8. The van der Waals surface area contributed by atoms with Gasteiger partial charge in [-0.1, -0.05) is 68.4 Å². The van der Waals surface area contributed by atoms with Crippen LogP contribution in [0.5, 0.6) is 0 Å². The van der Waals surface area contributed by atoms with Crippen LogP contribution in [0.15, 0.2) is 79.1 Å². The van der Waals surface area contributed by atoms with Crippen LogP contribution in [0.2, 0.25) is 0 Å². The lowest BCUT2D eigenvalue weighted by Gasteiger charge is -2.25. The predicted molar refractivity (Wildman–Crippen MR) is 183 cm³/mol. The molecule has 0 saturated heterocycles. The number of rotatable bonds is 17. The molecule has 1 unspecified atom stereocenters. The molecule has 4 aromatic rings. The number of aromatic nitrogens is 2. The fraction of sp³-hybridized carbons (Fsp3) is 0.432. The Morgan fingerprint density at radius 2 is 1.60 bits per heavy atom. The molecule has 2 atom stereocenters. The van der Waals surface area contributed by atoms with E-state index in [0.717, 1.165) is 79.7 Å². The first-order chi connectivity index (χ1) is 21.8. The predicted octanol–water partition coefficient (Wildman–Crippen LogP) is 6.08. The zero-order valence-electron chi connectivity index (χ0n) is 27.6. The third-order valence-corrected chi connectivity index (χ3v) is 8.32. The van der Waals surface area contributed by atoms with Crippen LogP contribution in [0.1, 0.15) is 79.8 Å². The number of benzene rings is 3. The van der Waals surface area contributed by atoms with E-state index in [9.17, 15) is 9.59 Å². The maximum Gasteiger partial charge on any atom is 0.251 e. The SMILES string of the molecule is CCCN(CCC)CCCC(NC(=O)c1ccc(CN(C)Cc2nccn2C)cc1)C(=O)N[C@@H](C)c1cccc2ccccc12. The standard InChI is InChI=1S/C37H50N6O2/c1-6-22-43(23-7-2)24-11-16-34(37(45)39-28(3)32-15-10-13-30-12-8-9-14-33(30)32)40-36(44)31-19-17-29(18-20-31)26-41(4)27-35-38-21-25-42(35)5/h8-10,12-15,17-21,25,28,34H,6-7,11,16,22-24,26-27H2,1-5H3,(H,39,45)(H,40,44)/t28-,34?/m0/s1. The lowest BCUT2D eigenvalue weighted by molar-refractivity contribution is -0.123. The molecule has 0 radical (unpaired) electrons. The quantitative estimate of drug-likeness (QED) is 0.151. The molecular formula is C37H50N6O2. The van der Waals surface area contributed by atoms with Crippen molar-refractivity contribution in [2.75, 3.05) is 26.7 Å². The van der Waals surface area contributed by atoms with Crippen molar-refractivity contribution < 1.29 is 9.59 Å². The lowest BCUT2D eigenvalue weighted by atomic mass is 9.99. The van der Waals surface area contributed by atoms with Crippen molar-refractivity contribution in [3.8, 4) is 0 Å². The molecular weight excluding hydrogens is 560 g/mol. The Bertz CT molecular complexity index is 1500. The molecule has 1 heterocycles. The first-order valence-corrected chi connectivity index (χ1v) is 16.3. The third kappa shape index (κ3) is 9.74. The van der Waals surface area contributed by atoms with E-state index in [0.29, 0.717) is 12.0 Å². The Labute approximate surface area is 268 Å². The minimum Gasteiger partial charge on any atom is -0.348 e. The average molecular weight is 611 g/mol. The van der Waals surface area contributed by atoms with Crippen LogP contribution >= 0.6 is 0 Å². The largest absolute Gasteiger partial charge is 0.348 e. The highest BCUT2D eigenvalue weighted by Crippen LogP contribution is 2.24. The number of imidazole rings is 1. The van der Waals surface area contributed by atoms with E-state index < -0.39 is 6.04 Å². The monoisotopic (exact) mass is 610 g/mol. The second-order valence-electron chi connectivity index (χ2n) is 12.1. The second kappa shape index (κ2) is 16.9. The van der Waals surface area contributed by atoms with Crippen LogP contribution < -0.4 is 10.6 Å². The summed E-state index contributed by atoms with van der Waals surface area (Å²) in [4.78, 5) is 36.2. The molecule has 1 aromatic heterocycles. The van der Waals surface area contributed by atoms with E-state index in [4.69, 9.17) is 0 Å². The molecule has 0 fully saturated rings. The second-order valence-corrected chi connectivity index (χ2v) is 12.1. The number of hydrogen-bond acceptors (Lipinski definition) is 5. The van der Waals surface area contributed by atoms with Crippen LogP contribution in [0, 0.1) is 0 Å². The van der Waals surface area contributed by atoms with Gasteiger partial charge in [0.1, 0.15) is 11.9 Å². The maximum absolute atomic E-state index is 13.7. The summed E-state index contributed by atoms with van der Waals surface area (Å²) in [6.07, 6.45) is 7.33. The Kier molecular flexibility index (Phi) is 12.7. The summed E-state index contributed by atoms with van der Waals surface area (Å²) in [7, 11) is 4.05. The summed E-state index contributed by atoms with van der Waals surface area (Å²) >= 11 is 0. The van der Waals surface area contributed by atoms with Crippen molar-refractivity contribution >= 4 is 22.6 Å². The summed E-state index contributed by atoms with van der Waals surface area (Å²) in [5.41, 5.74) is 2.71. The normalized spacial score (nSPS) is 12.9. The molecule has 2 N–H and O–H groups in total. The van der Waals surface area contributed by atoms with Gasteiger partial charge in [-0.25, -0.2) is 4.98 Å². The zero-order chi connectivity index (χ0) is 32.2. The van der Waals surface area contributed by atoms with Gasteiger partial charge in [0.05, 0.1) is 12.6 Å². The number of carbonyl (C=O) groups is 2. The topological polar surface area (TPSA) is 82.5 Å². The van der Waals surface area contributed by atoms with Crippen LogP contribution in [0.4, 0.5) is 0 Å². The average Bonchev–Trinajstić information content (AvgIpc) is 3.44. The molecule has 240 valence electrons. The highest BCUT2D eigenvalue weighted by molar-refractivity contribution is 5.97. The van der Waals surface area contributed by atoms with Crippen LogP contribution in [-0.2, 0) is 24.9 Å². The number of hydrogen-bond donors (Lipinski definition) is 2. The molecule has 2 amide bonds. The van der Waals surface area contributed by atoms with Crippen molar-refractivity contribution in [2.45, 2.75) is 71.6 Å². The van der Waals surface area contributed by atoms with Gasteiger partial charge in [-0.15, -0.1) is 0 Å².